The number of rotatable bonds is 5. The summed E-state index contributed by atoms with van der Waals surface area (Å²) in [5.74, 6) is 0.328. The van der Waals surface area contributed by atoms with Gasteiger partial charge in [-0.1, -0.05) is 30.3 Å². The van der Waals surface area contributed by atoms with Crippen LogP contribution in [0.1, 0.15) is 17.9 Å². The topological polar surface area (TPSA) is 96.7 Å². The van der Waals surface area contributed by atoms with Crippen LogP contribution in [-0.2, 0) is 4.79 Å². The zero-order valence-electron chi connectivity index (χ0n) is 14.5. The van der Waals surface area contributed by atoms with Crippen LogP contribution in [0.5, 0.6) is 5.75 Å². The maximum atomic E-state index is 12.8. The average Bonchev–Trinajstić information content (AvgIpc) is 3.13. The highest BCUT2D eigenvalue weighted by atomic mass is 16.5. The number of primary amides is 1. The largest absolute Gasteiger partial charge is 0.497 e. The monoisotopic (exact) mass is 354 g/mol. The fourth-order valence-electron chi connectivity index (χ4n) is 3.30. The second kappa shape index (κ2) is 7.77. The molecule has 136 valence electrons. The van der Waals surface area contributed by atoms with Gasteiger partial charge >= 0.3 is 6.03 Å². The fourth-order valence-corrected chi connectivity index (χ4v) is 3.30. The first-order valence-corrected chi connectivity index (χ1v) is 8.41. The zero-order valence-corrected chi connectivity index (χ0v) is 14.5. The Morgan fingerprint density at radius 3 is 2.42 bits per heavy atom. The Kier molecular flexibility index (Phi) is 5.26. The molecule has 1 saturated heterocycles. The standard InChI is InChI=1S/C19H22N4O3/c1-26-15-9-7-14(8-10-15)21-22-18(24)17-16(11-12-23(17)19(20)25)13-5-3-2-4-6-13/h2-10,16-17,21H,11-12H2,1H3,(H2,20,25)(H,22,24). The lowest BCUT2D eigenvalue weighted by Gasteiger charge is -2.26. The SMILES string of the molecule is COc1ccc(NNC(=O)C2C(c3ccccc3)CCN2C(N)=O)cc1. The molecule has 0 radical (unpaired) electrons. The highest BCUT2D eigenvalue weighted by molar-refractivity contribution is 5.89. The van der Waals surface area contributed by atoms with Crippen LogP contribution >= 0.6 is 0 Å². The van der Waals surface area contributed by atoms with Gasteiger partial charge in [0.05, 0.1) is 12.8 Å². The number of anilines is 1. The van der Waals surface area contributed by atoms with E-state index < -0.39 is 12.1 Å². The average molecular weight is 354 g/mol. The molecule has 0 spiro atoms. The van der Waals surface area contributed by atoms with E-state index in [0.29, 0.717) is 18.7 Å². The number of benzene rings is 2. The molecule has 1 aliphatic rings. The molecule has 7 nitrogen and oxygen atoms in total. The molecule has 1 aliphatic heterocycles. The summed E-state index contributed by atoms with van der Waals surface area (Å²) < 4.78 is 5.11. The van der Waals surface area contributed by atoms with E-state index in [0.717, 1.165) is 11.3 Å². The third-order valence-corrected chi connectivity index (χ3v) is 4.60. The number of hydrogen-bond donors (Lipinski definition) is 3. The molecule has 26 heavy (non-hydrogen) atoms. The normalized spacial score (nSPS) is 19.0. The van der Waals surface area contributed by atoms with E-state index in [9.17, 15) is 9.59 Å². The van der Waals surface area contributed by atoms with Crippen LogP contribution < -0.4 is 21.3 Å². The molecule has 2 aromatic carbocycles. The van der Waals surface area contributed by atoms with Gasteiger partial charge in [0.2, 0.25) is 0 Å². The van der Waals surface area contributed by atoms with Crippen molar-refractivity contribution in [3.8, 4) is 5.75 Å². The van der Waals surface area contributed by atoms with Gasteiger partial charge < -0.3 is 15.4 Å². The Hall–Kier alpha value is -3.22. The minimum Gasteiger partial charge on any atom is -0.497 e. The van der Waals surface area contributed by atoms with E-state index in [1.165, 1.54) is 4.90 Å². The molecule has 3 rings (SSSR count). The van der Waals surface area contributed by atoms with Gasteiger partial charge in [-0.05, 0) is 36.2 Å². The molecule has 4 N–H and O–H groups in total. The van der Waals surface area contributed by atoms with Crippen LogP contribution in [0.4, 0.5) is 10.5 Å². The van der Waals surface area contributed by atoms with E-state index in [-0.39, 0.29) is 11.8 Å². The molecule has 0 aromatic heterocycles. The lowest BCUT2D eigenvalue weighted by molar-refractivity contribution is -0.124. The lowest BCUT2D eigenvalue weighted by atomic mass is 9.91. The lowest BCUT2D eigenvalue weighted by Crippen LogP contribution is -2.51. The van der Waals surface area contributed by atoms with Crippen molar-refractivity contribution in [2.45, 2.75) is 18.4 Å². The number of amides is 3. The molecular formula is C19H22N4O3. The van der Waals surface area contributed by atoms with Crippen LogP contribution in [-0.4, -0.2) is 36.5 Å². The second-order valence-electron chi connectivity index (χ2n) is 6.13. The van der Waals surface area contributed by atoms with Crippen LogP contribution in [0.3, 0.4) is 0 Å². The van der Waals surface area contributed by atoms with Gasteiger partial charge in [0.15, 0.2) is 0 Å². The van der Waals surface area contributed by atoms with Gasteiger partial charge in [0.1, 0.15) is 11.8 Å². The molecular weight excluding hydrogens is 332 g/mol. The summed E-state index contributed by atoms with van der Waals surface area (Å²) in [6, 6.07) is 15.6. The first kappa shape index (κ1) is 17.6. The van der Waals surface area contributed by atoms with Crippen LogP contribution in [0, 0.1) is 0 Å². The summed E-state index contributed by atoms with van der Waals surface area (Å²) in [6.07, 6.45) is 0.688. The van der Waals surface area contributed by atoms with Crippen molar-refractivity contribution < 1.29 is 14.3 Å². The maximum Gasteiger partial charge on any atom is 0.315 e. The molecule has 3 amide bonds. The Labute approximate surface area is 152 Å². The van der Waals surface area contributed by atoms with E-state index in [4.69, 9.17) is 10.5 Å². The molecule has 0 bridgehead atoms. The van der Waals surface area contributed by atoms with Crippen molar-refractivity contribution in [3.63, 3.8) is 0 Å². The number of methoxy groups -OCH3 is 1. The number of carbonyl (C=O) groups excluding carboxylic acids is 2. The first-order valence-electron chi connectivity index (χ1n) is 8.41. The molecule has 0 saturated carbocycles. The van der Waals surface area contributed by atoms with Crippen LogP contribution in [0.25, 0.3) is 0 Å². The first-order chi connectivity index (χ1) is 12.6. The predicted molar refractivity (Wildman–Crippen MR) is 98.6 cm³/mol. The van der Waals surface area contributed by atoms with Crippen molar-refractivity contribution in [3.05, 3.63) is 60.2 Å². The highest BCUT2D eigenvalue weighted by Gasteiger charge is 2.41. The Morgan fingerprint density at radius 2 is 1.81 bits per heavy atom. The summed E-state index contributed by atoms with van der Waals surface area (Å²) in [6.45, 7) is 0.454. The quantitative estimate of drug-likeness (QED) is 0.716. The van der Waals surface area contributed by atoms with Gasteiger partial charge in [-0.2, -0.15) is 0 Å². The summed E-state index contributed by atoms with van der Waals surface area (Å²) in [5, 5.41) is 0. The Morgan fingerprint density at radius 1 is 1.12 bits per heavy atom. The number of carbonyl (C=O) groups is 2. The Balaban J connectivity index is 1.73. The predicted octanol–water partition coefficient (Wildman–Crippen LogP) is 2.08. The second-order valence-corrected chi connectivity index (χ2v) is 6.13. The van der Waals surface area contributed by atoms with E-state index in [2.05, 4.69) is 10.9 Å². The van der Waals surface area contributed by atoms with E-state index in [1.807, 2.05) is 30.3 Å². The molecule has 1 fully saturated rings. The maximum absolute atomic E-state index is 12.8. The van der Waals surface area contributed by atoms with Gasteiger partial charge in [-0.3, -0.25) is 15.6 Å². The number of urea groups is 1. The van der Waals surface area contributed by atoms with E-state index >= 15 is 0 Å². The Bertz CT molecular complexity index is 764. The molecule has 1 heterocycles. The fraction of sp³-hybridized carbons (Fsp3) is 0.263. The van der Waals surface area contributed by atoms with Gasteiger partial charge in [-0.15, -0.1) is 0 Å². The number of nitrogens with zero attached hydrogens (tertiary/aromatic N) is 1. The minimum atomic E-state index is -0.652. The molecule has 0 aliphatic carbocycles. The zero-order chi connectivity index (χ0) is 18.5. The van der Waals surface area contributed by atoms with Crippen molar-refractivity contribution >= 4 is 17.6 Å². The number of nitrogens with two attached hydrogens (primary N) is 1. The molecule has 2 unspecified atom stereocenters. The molecule has 7 heteroatoms. The van der Waals surface area contributed by atoms with Gasteiger partial charge in [0.25, 0.3) is 5.91 Å². The van der Waals surface area contributed by atoms with Crippen LogP contribution in [0.15, 0.2) is 54.6 Å². The third kappa shape index (κ3) is 3.72. The summed E-state index contributed by atoms with van der Waals surface area (Å²) >= 11 is 0. The minimum absolute atomic E-state index is 0.0960. The van der Waals surface area contributed by atoms with Crippen molar-refractivity contribution in [1.29, 1.82) is 0 Å². The van der Waals surface area contributed by atoms with E-state index in [1.54, 1.807) is 31.4 Å². The van der Waals surface area contributed by atoms with Gasteiger partial charge in [0, 0.05) is 12.5 Å². The smallest absolute Gasteiger partial charge is 0.315 e. The van der Waals surface area contributed by atoms with Crippen molar-refractivity contribution in [1.82, 2.24) is 10.3 Å². The van der Waals surface area contributed by atoms with Crippen molar-refractivity contribution in [2.24, 2.45) is 5.73 Å². The number of hydrazine groups is 1. The number of likely N-dealkylation sites (tertiary alicyclic amines) is 1. The molecule has 2 atom stereocenters. The summed E-state index contributed by atoms with van der Waals surface area (Å²) in [7, 11) is 1.59. The number of hydrogen-bond acceptors (Lipinski definition) is 4. The summed E-state index contributed by atoms with van der Waals surface area (Å²) in [5.41, 5.74) is 12.8. The molecule has 2 aromatic rings. The third-order valence-electron chi connectivity index (χ3n) is 4.60. The number of nitrogens with one attached hydrogen (secondary N) is 2. The number of ether oxygens (including phenoxy) is 1. The van der Waals surface area contributed by atoms with Crippen molar-refractivity contribution in [2.75, 3.05) is 19.1 Å². The van der Waals surface area contributed by atoms with Crippen LogP contribution in [0.2, 0.25) is 0 Å². The highest BCUT2D eigenvalue weighted by Crippen LogP contribution is 2.33. The van der Waals surface area contributed by atoms with Gasteiger partial charge in [-0.25, -0.2) is 4.79 Å². The summed E-state index contributed by atoms with van der Waals surface area (Å²) in [4.78, 5) is 26.0.